The summed E-state index contributed by atoms with van der Waals surface area (Å²) >= 11 is 0. The number of morpholine rings is 1. The number of aryl methyl sites for hydroxylation is 1. The molecule has 0 amide bonds. The first-order chi connectivity index (χ1) is 9.00. The van der Waals surface area contributed by atoms with Crippen LogP contribution in [0.15, 0.2) is 6.33 Å². The van der Waals surface area contributed by atoms with Gasteiger partial charge in [0.05, 0.1) is 25.7 Å². The lowest BCUT2D eigenvalue weighted by Crippen LogP contribution is -2.47. The molecular formula is C10H14N4O5. The van der Waals surface area contributed by atoms with E-state index in [1.807, 2.05) is 0 Å². The summed E-state index contributed by atoms with van der Waals surface area (Å²) in [5, 5.41) is 19.9. The lowest BCUT2D eigenvalue weighted by molar-refractivity contribution is -0.388. The third-order valence-corrected chi connectivity index (χ3v) is 2.97. The highest BCUT2D eigenvalue weighted by molar-refractivity contribution is 5.69. The molecule has 0 aromatic carbocycles. The predicted molar refractivity (Wildman–Crippen MR) is 64.1 cm³/mol. The van der Waals surface area contributed by atoms with Crippen molar-refractivity contribution in [3.05, 3.63) is 16.4 Å². The number of aliphatic carboxylic acids is 1. The van der Waals surface area contributed by atoms with E-state index in [4.69, 9.17) is 9.84 Å². The molecule has 0 spiro atoms. The second kappa shape index (κ2) is 5.22. The number of anilines is 1. The number of carboxylic acid groups (broad SMARTS) is 1. The Hall–Kier alpha value is -2.16. The maximum Gasteiger partial charge on any atom is 0.406 e. The molecule has 2 heterocycles. The number of nitro groups is 1. The first kappa shape index (κ1) is 13.3. The van der Waals surface area contributed by atoms with Crippen molar-refractivity contribution in [3.63, 3.8) is 0 Å². The fourth-order valence-electron chi connectivity index (χ4n) is 2.18. The number of imidazole rings is 1. The van der Waals surface area contributed by atoms with E-state index >= 15 is 0 Å². The zero-order valence-electron chi connectivity index (χ0n) is 10.4. The van der Waals surface area contributed by atoms with Gasteiger partial charge in [-0.15, -0.1) is 0 Å². The van der Waals surface area contributed by atoms with Gasteiger partial charge in [0.25, 0.3) is 0 Å². The largest absolute Gasteiger partial charge is 0.481 e. The highest BCUT2D eigenvalue weighted by atomic mass is 16.6. The third kappa shape index (κ3) is 2.65. The van der Waals surface area contributed by atoms with E-state index in [2.05, 4.69) is 4.98 Å². The minimum atomic E-state index is -0.967. The fraction of sp³-hybridized carbons (Fsp3) is 0.600. The average molecular weight is 270 g/mol. The van der Waals surface area contributed by atoms with Crippen molar-refractivity contribution in [2.75, 3.05) is 24.7 Å². The highest BCUT2D eigenvalue weighted by Crippen LogP contribution is 2.29. The van der Waals surface area contributed by atoms with Crippen molar-refractivity contribution >= 4 is 17.6 Å². The number of hydrogen-bond acceptors (Lipinski definition) is 6. The summed E-state index contributed by atoms with van der Waals surface area (Å²) in [6, 6.07) is -0.430. The van der Waals surface area contributed by atoms with Crippen LogP contribution in [0.4, 0.5) is 11.6 Å². The zero-order chi connectivity index (χ0) is 14.0. The van der Waals surface area contributed by atoms with E-state index in [0.717, 1.165) is 0 Å². The Balaban J connectivity index is 2.34. The van der Waals surface area contributed by atoms with Gasteiger partial charge >= 0.3 is 11.8 Å². The van der Waals surface area contributed by atoms with E-state index in [1.165, 1.54) is 10.9 Å². The summed E-state index contributed by atoms with van der Waals surface area (Å²) in [6.07, 6.45) is 1.21. The van der Waals surface area contributed by atoms with Crippen LogP contribution in [0.5, 0.6) is 0 Å². The van der Waals surface area contributed by atoms with Crippen LogP contribution < -0.4 is 4.90 Å². The molecule has 1 aliphatic rings. The first-order valence-corrected chi connectivity index (χ1v) is 5.72. The van der Waals surface area contributed by atoms with Crippen molar-refractivity contribution < 1.29 is 19.6 Å². The van der Waals surface area contributed by atoms with E-state index in [9.17, 15) is 14.9 Å². The van der Waals surface area contributed by atoms with Gasteiger partial charge in [-0.3, -0.25) is 9.36 Å². The molecule has 0 bridgehead atoms. The van der Waals surface area contributed by atoms with Gasteiger partial charge in [0.1, 0.15) is 0 Å². The van der Waals surface area contributed by atoms with Crippen LogP contribution in [-0.2, 0) is 16.6 Å². The van der Waals surface area contributed by atoms with Crippen molar-refractivity contribution in [3.8, 4) is 0 Å². The Kier molecular flexibility index (Phi) is 3.65. The molecule has 0 radical (unpaired) electrons. The summed E-state index contributed by atoms with van der Waals surface area (Å²) in [7, 11) is 1.64. The zero-order valence-corrected chi connectivity index (χ0v) is 10.4. The molecule has 2 rings (SSSR count). The Morgan fingerprint density at radius 3 is 3.11 bits per heavy atom. The molecule has 19 heavy (non-hydrogen) atoms. The summed E-state index contributed by atoms with van der Waals surface area (Å²) in [4.78, 5) is 26.7. The molecule has 9 nitrogen and oxygen atoms in total. The van der Waals surface area contributed by atoms with Gasteiger partial charge in [-0.1, -0.05) is 0 Å². The lowest BCUT2D eigenvalue weighted by Gasteiger charge is -2.35. The van der Waals surface area contributed by atoms with Gasteiger partial charge in [0.2, 0.25) is 12.1 Å². The molecule has 1 fully saturated rings. The summed E-state index contributed by atoms with van der Waals surface area (Å²) in [5.41, 5.74) is 0. The predicted octanol–water partition coefficient (Wildman–Crippen LogP) is 0.00820. The Morgan fingerprint density at radius 1 is 1.74 bits per heavy atom. The number of hydrogen-bond donors (Lipinski definition) is 1. The first-order valence-electron chi connectivity index (χ1n) is 5.72. The van der Waals surface area contributed by atoms with Crippen LogP contribution in [0.25, 0.3) is 0 Å². The quantitative estimate of drug-likeness (QED) is 0.605. The van der Waals surface area contributed by atoms with E-state index in [-0.39, 0.29) is 18.8 Å². The van der Waals surface area contributed by atoms with Crippen LogP contribution in [0.3, 0.4) is 0 Å². The van der Waals surface area contributed by atoms with Crippen LogP contribution in [0, 0.1) is 10.1 Å². The molecule has 1 saturated heterocycles. The van der Waals surface area contributed by atoms with Gasteiger partial charge in [-0.25, -0.2) is 0 Å². The minimum Gasteiger partial charge on any atom is -0.481 e. The fourth-order valence-corrected chi connectivity index (χ4v) is 2.18. The molecule has 1 unspecified atom stereocenters. The molecule has 1 aliphatic heterocycles. The smallest absolute Gasteiger partial charge is 0.406 e. The minimum absolute atomic E-state index is 0.137. The molecule has 1 N–H and O–H groups in total. The Bertz CT molecular complexity index is 500. The molecule has 1 aromatic heterocycles. The van der Waals surface area contributed by atoms with Gasteiger partial charge in [0.15, 0.2) is 0 Å². The summed E-state index contributed by atoms with van der Waals surface area (Å²) < 4.78 is 6.77. The maximum atomic E-state index is 11.0. The van der Waals surface area contributed by atoms with E-state index < -0.39 is 16.9 Å². The summed E-state index contributed by atoms with van der Waals surface area (Å²) in [5.74, 6) is -0.912. The van der Waals surface area contributed by atoms with Crippen LogP contribution in [-0.4, -0.2) is 51.4 Å². The van der Waals surface area contributed by atoms with Crippen molar-refractivity contribution in [1.29, 1.82) is 0 Å². The Morgan fingerprint density at radius 2 is 2.47 bits per heavy atom. The molecular weight excluding hydrogens is 256 g/mol. The van der Waals surface area contributed by atoms with E-state index in [0.29, 0.717) is 19.0 Å². The molecule has 1 aromatic rings. The van der Waals surface area contributed by atoms with Gasteiger partial charge in [-0.2, -0.15) is 0 Å². The van der Waals surface area contributed by atoms with Crippen LogP contribution in [0.2, 0.25) is 0 Å². The number of nitrogens with zero attached hydrogens (tertiary/aromatic N) is 4. The number of aromatic nitrogens is 2. The summed E-state index contributed by atoms with van der Waals surface area (Å²) in [6.45, 7) is 1.03. The second-order valence-corrected chi connectivity index (χ2v) is 4.28. The molecule has 0 saturated carbocycles. The van der Waals surface area contributed by atoms with Crippen molar-refractivity contribution in [2.45, 2.75) is 12.5 Å². The normalized spacial score (nSPS) is 19.4. The van der Waals surface area contributed by atoms with Gasteiger partial charge < -0.3 is 24.9 Å². The van der Waals surface area contributed by atoms with Gasteiger partial charge in [-0.05, 0) is 9.91 Å². The standard InChI is InChI=1S/C10H14N4O5/c1-12-6-11-9(14(17)18)10(12)13-2-3-19-5-7(13)4-8(15)16/h6-7H,2-5H2,1H3,(H,15,16). The third-order valence-electron chi connectivity index (χ3n) is 2.97. The number of carbonyl (C=O) groups is 1. The van der Waals surface area contributed by atoms with Crippen LogP contribution >= 0.6 is 0 Å². The SMILES string of the molecule is Cn1cnc([N+](=O)[O-])c1N1CCOCC1CC(=O)O. The molecule has 9 heteroatoms. The van der Waals surface area contributed by atoms with Crippen molar-refractivity contribution in [1.82, 2.24) is 9.55 Å². The molecule has 1 atom stereocenters. The number of rotatable bonds is 4. The number of carboxylic acids is 1. The van der Waals surface area contributed by atoms with Crippen LogP contribution in [0.1, 0.15) is 6.42 Å². The topological polar surface area (TPSA) is 111 Å². The number of ether oxygens (including phenoxy) is 1. The average Bonchev–Trinajstić information content (AvgIpc) is 2.71. The van der Waals surface area contributed by atoms with Crippen molar-refractivity contribution in [2.24, 2.45) is 7.05 Å². The second-order valence-electron chi connectivity index (χ2n) is 4.28. The van der Waals surface area contributed by atoms with E-state index in [1.54, 1.807) is 11.9 Å². The highest BCUT2D eigenvalue weighted by Gasteiger charge is 2.33. The lowest BCUT2D eigenvalue weighted by atomic mass is 10.1. The molecule has 0 aliphatic carbocycles. The van der Waals surface area contributed by atoms with Gasteiger partial charge in [0, 0.05) is 13.6 Å². The Labute approximate surface area is 108 Å². The molecule has 104 valence electrons. The maximum absolute atomic E-state index is 11.0. The monoisotopic (exact) mass is 270 g/mol.